The van der Waals surface area contributed by atoms with E-state index in [-0.39, 0.29) is 0 Å². The molecule has 0 spiro atoms. The van der Waals surface area contributed by atoms with Crippen molar-refractivity contribution in [2.24, 2.45) is 5.92 Å². The number of piperidine rings is 1. The van der Waals surface area contributed by atoms with Gasteiger partial charge in [-0.2, -0.15) is 0 Å². The zero-order valence-electron chi connectivity index (χ0n) is 11.7. The normalized spacial score (nSPS) is 26.3. The van der Waals surface area contributed by atoms with Crippen LogP contribution < -0.4 is 15.0 Å². The summed E-state index contributed by atoms with van der Waals surface area (Å²) in [5, 5.41) is 3.62. The number of fused-ring (bicyclic) bond motifs is 1. The van der Waals surface area contributed by atoms with Gasteiger partial charge in [-0.3, -0.25) is 0 Å². The van der Waals surface area contributed by atoms with E-state index in [1.807, 2.05) is 6.92 Å². The van der Waals surface area contributed by atoms with Gasteiger partial charge in [-0.1, -0.05) is 0 Å². The summed E-state index contributed by atoms with van der Waals surface area (Å²) in [7, 11) is 0. The zero-order valence-corrected chi connectivity index (χ0v) is 11.7. The largest absolute Gasteiger partial charge is 0.478 e. The lowest BCUT2D eigenvalue weighted by atomic mass is 9.94. The van der Waals surface area contributed by atoms with Crippen molar-refractivity contribution in [1.82, 2.24) is 15.3 Å². The first-order valence-corrected chi connectivity index (χ1v) is 7.22. The molecule has 1 aromatic rings. The summed E-state index contributed by atoms with van der Waals surface area (Å²) < 4.78 is 5.56. The molecule has 2 aliphatic heterocycles. The summed E-state index contributed by atoms with van der Waals surface area (Å²) >= 11 is 0. The minimum atomic E-state index is 0.624. The van der Waals surface area contributed by atoms with Crippen molar-refractivity contribution < 1.29 is 4.74 Å². The first kappa shape index (κ1) is 12.7. The van der Waals surface area contributed by atoms with Crippen LogP contribution in [0.5, 0.6) is 5.88 Å². The summed E-state index contributed by atoms with van der Waals surface area (Å²) in [6, 6.07) is 0.624. The van der Waals surface area contributed by atoms with E-state index < -0.39 is 0 Å². The van der Waals surface area contributed by atoms with Gasteiger partial charge in [0, 0.05) is 19.1 Å². The zero-order chi connectivity index (χ0) is 13.2. The van der Waals surface area contributed by atoms with Crippen molar-refractivity contribution >= 4 is 5.82 Å². The van der Waals surface area contributed by atoms with E-state index in [9.17, 15) is 0 Å². The number of nitrogens with zero attached hydrogens (tertiary/aromatic N) is 3. The lowest BCUT2D eigenvalue weighted by molar-refractivity contribution is 0.323. The fourth-order valence-corrected chi connectivity index (χ4v) is 3.25. The van der Waals surface area contributed by atoms with Crippen LogP contribution in [0, 0.1) is 12.8 Å². The van der Waals surface area contributed by atoms with Crippen molar-refractivity contribution in [3.63, 3.8) is 0 Å². The van der Waals surface area contributed by atoms with Crippen LogP contribution in [0.1, 0.15) is 25.3 Å². The first-order chi connectivity index (χ1) is 9.29. The van der Waals surface area contributed by atoms with Crippen LogP contribution in [-0.4, -0.2) is 42.3 Å². The highest BCUT2D eigenvalue weighted by Crippen LogP contribution is 2.31. The van der Waals surface area contributed by atoms with Gasteiger partial charge in [0.2, 0.25) is 5.88 Å². The molecule has 2 saturated heterocycles. The number of ether oxygens (including phenoxy) is 1. The van der Waals surface area contributed by atoms with Gasteiger partial charge in [-0.15, -0.1) is 0 Å². The number of hydrogen-bond acceptors (Lipinski definition) is 5. The Kier molecular flexibility index (Phi) is 3.55. The van der Waals surface area contributed by atoms with E-state index >= 15 is 0 Å². The molecule has 19 heavy (non-hydrogen) atoms. The third-order valence-corrected chi connectivity index (χ3v) is 4.19. The van der Waals surface area contributed by atoms with Crippen LogP contribution in [0.15, 0.2) is 6.33 Å². The smallest absolute Gasteiger partial charge is 0.221 e. The number of hydrogen-bond donors (Lipinski definition) is 1. The first-order valence-electron chi connectivity index (χ1n) is 7.22. The molecule has 3 rings (SSSR count). The Morgan fingerprint density at radius 2 is 2.32 bits per heavy atom. The standard InChI is InChI=1S/C14H22N4O/c1-3-19-14-10(2)13(16-9-17-14)18-7-11-5-4-6-15-12(11)8-18/h9,11-12,15H,3-8H2,1-2H3. The molecule has 3 heterocycles. The topological polar surface area (TPSA) is 50.3 Å². The van der Waals surface area contributed by atoms with Gasteiger partial charge in [0.25, 0.3) is 0 Å². The molecule has 0 saturated carbocycles. The van der Waals surface area contributed by atoms with Crippen LogP contribution in [-0.2, 0) is 0 Å². The predicted octanol–water partition coefficient (Wildman–Crippen LogP) is 1.37. The minimum absolute atomic E-state index is 0.624. The molecule has 1 aromatic heterocycles. The molecule has 2 atom stereocenters. The number of aromatic nitrogens is 2. The number of nitrogens with one attached hydrogen (secondary N) is 1. The van der Waals surface area contributed by atoms with Gasteiger partial charge in [0.05, 0.1) is 12.2 Å². The van der Waals surface area contributed by atoms with Crippen LogP contribution in [0.25, 0.3) is 0 Å². The third kappa shape index (κ3) is 2.39. The van der Waals surface area contributed by atoms with E-state index in [1.54, 1.807) is 6.33 Å². The maximum Gasteiger partial charge on any atom is 0.221 e. The van der Waals surface area contributed by atoms with E-state index in [0.717, 1.165) is 42.8 Å². The summed E-state index contributed by atoms with van der Waals surface area (Å²) in [5.41, 5.74) is 1.06. The molecular formula is C14H22N4O. The van der Waals surface area contributed by atoms with Crippen molar-refractivity contribution in [2.75, 3.05) is 31.1 Å². The van der Waals surface area contributed by atoms with Crippen LogP contribution in [0.2, 0.25) is 0 Å². The van der Waals surface area contributed by atoms with Gasteiger partial charge in [0.1, 0.15) is 12.1 Å². The fraction of sp³-hybridized carbons (Fsp3) is 0.714. The third-order valence-electron chi connectivity index (χ3n) is 4.19. The highest BCUT2D eigenvalue weighted by molar-refractivity contribution is 5.51. The quantitative estimate of drug-likeness (QED) is 0.891. The summed E-state index contributed by atoms with van der Waals surface area (Å²) in [5.74, 6) is 2.52. The van der Waals surface area contributed by atoms with Gasteiger partial charge < -0.3 is 15.0 Å². The lowest BCUT2D eigenvalue weighted by Gasteiger charge is -2.24. The molecule has 0 aromatic carbocycles. The average molecular weight is 262 g/mol. The second kappa shape index (κ2) is 5.33. The molecule has 0 aliphatic carbocycles. The van der Waals surface area contributed by atoms with Gasteiger partial charge in [-0.05, 0) is 39.2 Å². The monoisotopic (exact) mass is 262 g/mol. The molecule has 104 valence electrons. The molecule has 2 aliphatic rings. The van der Waals surface area contributed by atoms with Crippen molar-refractivity contribution in [1.29, 1.82) is 0 Å². The maximum atomic E-state index is 5.56. The molecule has 5 heteroatoms. The number of anilines is 1. The predicted molar refractivity (Wildman–Crippen MR) is 74.7 cm³/mol. The van der Waals surface area contributed by atoms with Gasteiger partial charge >= 0.3 is 0 Å². The van der Waals surface area contributed by atoms with Crippen molar-refractivity contribution in [3.05, 3.63) is 11.9 Å². The van der Waals surface area contributed by atoms with Crippen LogP contribution in [0.3, 0.4) is 0 Å². The second-order valence-corrected chi connectivity index (χ2v) is 5.43. The van der Waals surface area contributed by atoms with Crippen molar-refractivity contribution in [2.45, 2.75) is 32.7 Å². The molecule has 0 radical (unpaired) electrons. The Hall–Kier alpha value is -1.36. The maximum absolute atomic E-state index is 5.56. The molecule has 0 amide bonds. The average Bonchev–Trinajstić information content (AvgIpc) is 2.85. The van der Waals surface area contributed by atoms with Gasteiger partial charge in [0.15, 0.2) is 0 Å². The Labute approximate surface area is 114 Å². The van der Waals surface area contributed by atoms with E-state index in [4.69, 9.17) is 4.74 Å². The summed E-state index contributed by atoms with van der Waals surface area (Å²) in [6.07, 6.45) is 4.24. The Morgan fingerprint density at radius 1 is 1.42 bits per heavy atom. The molecular weight excluding hydrogens is 240 g/mol. The summed E-state index contributed by atoms with van der Waals surface area (Å²) in [4.78, 5) is 11.1. The molecule has 2 unspecified atom stereocenters. The lowest BCUT2D eigenvalue weighted by Crippen LogP contribution is -2.40. The van der Waals surface area contributed by atoms with Gasteiger partial charge in [-0.25, -0.2) is 9.97 Å². The SMILES string of the molecule is CCOc1ncnc(N2CC3CCCNC3C2)c1C. The van der Waals surface area contributed by atoms with E-state index in [1.165, 1.54) is 12.8 Å². The van der Waals surface area contributed by atoms with Crippen LogP contribution >= 0.6 is 0 Å². The second-order valence-electron chi connectivity index (χ2n) is 5.43. The Bertz CT molecular complexity index is 437. The molecule has 2 fully saturated rings. The fourth-order valence-electron chi connectivity index (χ4n) is 3.25. The minimum Gasteiger partial charge on any atom is -0.478 e. The molecule has 0 bridgehead atoms. The van der Waals surface area contributed by atoms with Crippen molar-refractivity contribution in [3.8, 4) is 5.88 Å². The molecule has 1 N–H and O–H groups in total. The highest BCUT2D eigenvalue weighted by Gasteiger charge is 2.35. The molecule has 5 nitrogen and oxygen atoms in total. The Balaban J connectivity index is 1.81. The van der Waals surface area contributed by atoms with E-state index in [2.05, 4.69) is 27.1 Å². The number of rotatable bonds is 3. The van der Waals surface area contributed by atoms with E-state index in [0.29, 0.717) is 12.6 Å². The highest BCUT2D eigenvalue weighted by atomic mass is 16.5. The summed E-state index contributed by atoms with van der Waals surface area (Å²) in [6.45, 7) is 7.98. The van der Waals surface area contributed by atoms with Crippen LogP contribution in [0.4, 0.5) is 5.82 Å². The Morgan fingerprint density at radius 3 is 3.11 bits per heavy atom.